The van der Waals surface area contributed by atoms with Gasteiger partial charge in [-0.2, -0.15) is 5.26 Å². The molecule has 6 heteroatoms. The molecule has 1 heterocycles. The van der Waals surface area contributed by atoms with Crippen molar-refractivity contribution in [1.82, 2.24) is 0 Å². The van der Waals surface area contributed by atoms with E-state index in [-0.39, 0.29) is 5.57 Å². The Hall–Kier alpha value is -3.00. The van der Waals surface area contributed by atoms with Crippen LogP contribution in [0.1, 0.15) is 5.76 Å². The minimum absolute atomic E-state index is 0.0769. The number of anilines is 1. The van der Waals surface area contributed by atoms with Crippen molar-refractivity contribution >= 4 is 40.9 Å². The summed E-state index contributed by atoms with van der Waals surface area (Å²) in [5, 5.41) is 13.0. The minimum atomic E-state index is -0.516. The van der Waals surface area contributed by atoms with Crippen LogP contribution in [0.2, 0.25) is 10.0 Å². The summed E-state index contributed by atoms with van der Waals surface area (Å²) in [5.41, 5.74) is 1.16. The molecule has 0 spiro atoms. The number of para-hydroxylation sites is 1. The molecule has 0 aliphatic rings. The lowest BCUT2D eigenvalue weighted by Crippen LogP contribution is -2.13. The van der Waals surface area contributed by atoms with Gasteiger partial charge in [-0.1, -0.05) is 41.4 Å². The summed E-state index contributed by atoms with van der Waals surface area (Å²) in [4.78, 5) is 12.2. The molecule has 0 saturated heterocycles. The Balaban J connectivity index is 1.84. The highest BCUT2D eigenvalue weighted by Crippen LogP contribution is 2.32. The molecule has 0 atom stereocenters. The third-order valence-corrected chi connectivity index (χ3v) is 4.07. The maximum absolute atomic E-state index is 12.2. The molecule has 1 aromatic heterocycles. The maximum Gasteiger partial charge on any atom is 0.266 e. The number of benzene rings is 2. The van der Waals surface area contributed by atoms with E-state index in [1.807, 2.05) is 12.1 Å². The molecule has 2 aromatic carbocycles. The number of hydrogen-bond donors (Lipinski definition) is 1. The van der Waals surface area contributed by atoms with Crippen molar-refractivity contribution in [1.29, 1.82) is 5.26 Å². The molecule has 1 amide bonds. The van der Waals surface area contributed by atoms with E-state index in [1.165, 1.54) is 6.08 Å². The van der Waals surface area contributed by atoms with Crippen molar-refractivity contribution in [2.24, 2.45) is 0 Å². The summed E-state index contributed by atoms with van der Waals surface area (Å²) in [5.74, 6) is 0.331. The molecule has 128 valence electrons. The Morgan fingerprint density at radius 3 is 2.58 bits per heavy atom. The van der Waals surface area contributed by atoms with Crippen LogP contribution in [-0.2, 0) is 4.79 Å². The van der Waals surface area contributed by atoms with E-state index >= 15 is 0 Å². The molecule has 3 aromatic rings. The van der Waals surface area contributed by atoms with Gasteiger partial charge in [0.05, 0.1) is 5.02 Å². The lowest BCUT2D eigenvalue weighted by Gasteiger charge is -2.03. The quantitative estimate of drug-likeness (QED) is 0.457. The molecular weight excluding hydrogens is 371 g/mol. The van der Waals surface area contributed by atoms with Gasteiger partial charge in [0.2, 0.25) is 0 Å². The number of furan rings is 1. The Kier molecular flexibility index (Phi) is 5.43. The van der Waals surface area contributed by atoms with Crippen molar-refractivity contribution in [3.05, 3.63) is 82.0 Å². The van der Waals surface area contributed by atoms with Crippen LogP contribution < -0.4 is 5.32 Å². The molecule has 0 saturated carbocycles. The van der Waals surface area contributed by atoms with E-state index in [0.717, 1.165) is 0 Å². The number of amides is 1. The van der Waals surface area contributed by atoms with E-state index in [1.54, 1.807) is 54.6 Å². The minimum Gasteiger partial charge on any atom is -0.457 e. The number of nitrogens with one attached hydrogen (secondary N) is 1. The Bertz CT molecular complexity index is 1020. The van der Waals surface area contributed by atoms with E-state index in [2.05, 4.69) is 5.32 Å². The summed E-state index contributed by atoms with van der Waals surface area (Å²) in [6.45, 7) is 0. The fourth-order valence-corrected chi connectivity index (χ4v) is 2.66. The van der Waals surface area contributed by atoms with Gasteiger partial charge >= 0.3 is 0 Å². The number of rotatable bonds is 4. The highest BCUT2D eigenvalue weighted by atomic mass is 35.5. The van der Waals surface area contributed by atoms with Crippen molar-refractivity contribution in [3.8, 4) is 17.4 Å². The number of carbonyl (C=O) groups is 1. The number of hydrogen-bond acceptors (Lipinski definition) is 3. The lowest BCUT2D eigenvalue weighted by atomic mass is 10.2. The maximum atomic E-state index is 12.2. The van der Waals surface area contributed by atoms with Crippen LogP contribution in [0.15, 0.2) is 70.7 Å². The number of carbonyl (C=O) groups excluding carboxylic acids is 1. The first kappa shape index (κ1) is 17.8. The lowest BCUT2D eigenvalue weighted by molar-refractivity contribution is -0.112. The van der Waals surface area contributed by atoms with Gasteiger partial charge in [-0.25, -0.2) is 0 Å². The summed E-state index contributed by atoms with van der Waals surface area (Å²) in [6.07, 6.45) is 1.38. The zero-order chi connectivity index (χ0) is 18.5. The van der Waals surface area contributed by atoms with Gasteiger partial charge in [-0.05, 0) is 42.5 Å². The van der Waals surface area contributed by atoms with Crippen LogP contribution in [0.25, 0.3) is 17.4 Å². The van der Waals surface area contributed by atoms with Gasteiger partial charge in [0.25, 0.3) is 5.91 Å². The van der Waals surface area contributed by atoms with E-state index < -0.39 is 5.91 Å². The molecule has 0 bridgehead atoms. The van der Waals surface area contributed by atoms with Crippen LogP contribution in [0.5, 0.6) is 0 Å². The fraction of sp³-hybridized carbons (Fsp3) is 0. The number of nitrogens with zero attached hydrogens (tertiary/aromatic N) is 1. The molecule has 0 radical (unpaired) electrons. The third-order valence-electron chi connectivity index (χ3n) is 3.50. The van der Waals surface area contributed by atoms with Crippen molar-refractivity contribution < 1.29 is 9.21 Å². The van der Waals surface area contributed by atoms with Crippen LogP contribution in [-0.4, -0.2) is 5.91 Å². The zero-order valence-corrected chi connectivity index (χ0v) is 14.9. The Morgan fingerprint density at radius 1 is 1.08 bits per heavy atom. The molecule has 26 heavy (non-hydrogen) atoms. The van der Waals surface area contributed by atoms with Gasteiger partial charge < -0.3 is 9.73 Å². The largest absolute Gasteiger partial charge is 0.457 e. The second-order valence-electron chi connectivity index (χ2n) is 5.32. The van der Waals surface area contributed by atoms with Gasteiger partial charge in [0, 0.05) is 22.3 Å². The first-order chi connectivity index (χ1) is 12.6. The van der Waals surface area contributed by atoms with Crippen LogP contribution in [0, 0.1) is 11.3 Å². The second kappa shape index (κ2) is 7.92. The normalized spacial score (nSPS) is 11.0. The molecule has 0 aliphatic heterocycles. The van der Waals surface area contributed by atoms with Crippen molar-refractivity contribution in [2.75, 3.05) is 5.32 Å². The molecular formula is C20H12Cl2N2O2. The fourth-order valence-electron chi connectivity index (χ4n) is 2.27. The first-order valence-corrected chi connectivity index (χ1v) is 8.36. The van der Waals surface area contributed by atoms with Crippen LogP contribution in [0.4, 0.5) is 5.69 Å². The van der Waals surface area contributed by atoms with Crippen LogP contribution >= 0.6 is 23.2 Å². The molecule has 0 fully saturated rings. The predicted octanol–water partition coefficient (Wildman–Crippen LogP) is 5.80. The van der Waals surface area contributed by atoms with Gasteiger partial charge in [-0.15, -0.1) is 0 Å². The van der Waals surface area contributed by atoms with Gasteiger partial charge in [0.15, 0.2) is 0 Å². The summed E-state index contributed by atoms with van der Waals surface area (Å²) in [6, 6.07) is 19.2. The average Bonchev–Trinajstić information content (AvgIpc) is 3.11. The Morgan fingerprint density at radius 2 is 1.85 bits per heavy atom. The topological polar surface area (TPSA) is 66.0 Å². The summed E-state index contributed by atoms with van der Waals surface area (Å²) >= 11 is 12.2. The SMILES string of the molecule is N#C/C(=C/c1ccc(-c2cc(Cl)ccc2Cl)o1)C(=O)Nc1ccccc1. The molecule has 4 nitrogen and oxygen atoms in total. The molecule has 1 N–H and O–H groups in total. The molecule has 3 rings (SSSR count). The zero-order valence-electron chi connectivity index (χ0n) is 13.4. The highest BCUT2D eigenvalue weighted by molar-refractivity contribution is 6.35. The second-order valence-corrected chi connectivity index (χ2v) is 6.16. The van der Waals surface area contributed by atoms with Crippen molar-refractivity contribution in [2.45, 2.75) is 0 Å². The van der Waals surface area contributed by atoms with E-state index in [0.29, 0.717) is 32.8 Å². The van der Waals surface area contributed by atoms with Crippen LogP contribution in [0.3, 0.4) is 0 Å². The number of nitriles is 1. The standard InChI is InChI=1S/C20H12Cl2N2O2/c21-14-6-8-18(22)17(11-14)19-9-7-16(26-19)10-13(12-23)20(25)24-15-4-2-1-3-5-15/h1-11H,(H,24,25)/b13-10-. The van der Waals surface area contributed by atoms with Crippen molar-refractivity contribution in [3.63, 3.8) is 0 Å². The van der Waals surface area contributed by atoms with E-state index in [4.69, 9.17) is 27.6 Å². The monoisotopic (exact) mass is 382 g/mol. The van der Waals surface area contributed by atoms with E-state index in [9.17, 15) is 10.1 Å². The predicted molar refractivity (Wildman–Crippen MR) is 103 cm³/mol. The third kappa shape index (κ3) is 4.15. The Labute approximate surface area is 160 Å². The molecule has 0 unspecified atom stereocenters. The average molecular weight is 383 g/mol. The smallest absolute Gasteiger partial charge is 0.266 e. The first-order valence-electron chi connectivity index (χ1n) is 7.60. The highest BCUT2D eigenvalue weighted by Gasteiger charge is 2.13. The molecule has 0 aliphatic carbocycles. The van der Waals surface area contributed by atoms with Gasteiger partial charge in [0.1, 0.15) is 23.2 Å². The summed E-state index contributed by atoms with van der Waals surface area (Å²) < 4.78 is 5.69. The van der Waals surface area contributed by atoms with Gasteiger partial charge in [-0.3, -0.25) is 4.79 Å². The summed E-state index contributed by atoms with van der Waals surface area (Å²) in [7, 11) is 0. The number of halogens is 2.